The molecule has 33 heavy (non-hydrogen) atoms. The van der Waals surface area contributed by atoms with Crippen LogP contribution in [0.1, 0.15) is 47.3 Å². The van der Waals surface area contributed by atoms with Gasteiger partial charge in [0.05, 0.1) is 24.6 Å². The van der Waals surface area contributed by atoms with E-state index in [2.05, 4.69) is 15.2 Å². The van der Waals surface area contributed by atoms with Gasteiger partial charge in [-0.1, -0.05) is 24.4 Å². The van der Waals surface area contributed by atoms with Crippen LogP contribution in [-0.4, -0.2) is 48.7 Å². The largest absolute Gasteiger partial charge is 0.493 e. The maximum atomic E-state index is 13.7. The number of rotatable bonds is 8. The first-order valence-corrected chi connectivity index (χ1v) is 12.7. The van der Waals surface area contributed by atoms with Crippen LogP contribution in [0.3, 0.4) is 0 Å². The third kappa shape index (κ3) is 4.98. The number of ether oxygens (including phenoxy) is 2. The summed E-state index contributed by atoms with van der Waals surface area (Å²) in [5, 5.41) is 3.19. The Morgan fingerprint density at radius 2 is 2.15 bits per heavy atom. The van der Waals surface area contributed by atoms with Gasteiger partial charge in [0.2, 0.25) is 0 Å². The van der Waals surface area contributed by atoms with E-state index in [9.17, 15) is 4.79 Å². The Morgan fingerprint density at radius 3 is 2.85 bits per heavy atom. The van der Waals surface area contributed by atoms with Crippen LogP contribution < -0.4 is 10.1 Å². The highest BCUT2D eigenvalue weighted by molar-refractivity contribution is 7.16. The van der Waals surface area contributed by atoms with E-state index >= 15 is 0 Å². The number of carbonyl (C=O) groups is 1. The van der Waals surface area contributed by atoms with Gasteiger partial charge in [-0.3, -0.25) is 4.79 Å². The van der Waals surface area contributed by atoms with Crippen molar-refractivity contribution in [2.24, 2.45) is 5.92 Å². The number of hydrogen-bond acceptors (Lipinski definition) is 7. The fraction of sp³-hybridized carbons (Fsp3) is 0.500. The first-order chi connectivity index (χ1) is 16.1. The third-order valence-electron chi connectivity index (χ3n) is 6.47. The number of oxazole rings is 1. The topological polar surface area (TPSA) is 76.8 Å². The number of fused-ring (bicyclic) bond motifs is 1. The Hall–Kier alpha value is -2.29. The average Bonchev–Trinajstić information content (AvgIpc) is 3.62. The fourth-order valence-corrected chi connectivity index (χ4v) is 5.77. The molecule has 2 aromatic heterocycles. The molecule has 3 heterocycles. The second-order valence-corrected chi connectivity index (χ2v) is 10.5. The summed E-state index contributed by atoms with van der Waals surface area (Å²) in [6.45, 7) is 2.80. The average molecular weight is 490 g/mol. The van der Waals surface area contributed by atoms with E-state index in [-0.39, 0.29) is 11.9 Å². The predicted molar refractivity (Wildman–Crippen MR) is 129 cm³/mol. The van der Waals surface area contributed by atoms with E-state index in [1.165, 1.54) is 24.2 Å². The zero-order chi connectivity index (χ0) is 22.8. The summed E-state index contributed by atoms with van der Waals surface area (Å²) in [5.41, 5.74) is 1.70. The molecule has 1 aliphatic carbocycles. The summed E-state index contributed by atoms with van der Waals surface area (Å²) in [4.78, 5) is 21.4. The summed E-state index contributed by atoms with van der Waals surface area (Å²) < 4.78 is 17.8. The van der Waals surface area contributed by atoms with E-state index in [0.717, 1.165) is 48.2 Å². The molecule has 1 amide bonds. The highest BCUT2D eigenvalue weighted by atomic mass is 35.5. The highest BCUT2D eigenvalue weighted by Crippen LogP contribution is 2.33. The van der Waals surface area contributed by atoms with E-state index in [1.807, 2.05) is 18.2 Å². The zero-order valence-electron chi connectivity index (χ0n) is 18.6. The van der Waals surface area contributed by atoms with Crippen LogP contribution in [0, 0.1) is 5.92 Å². The van der Waals surface area contributed by atoms with Gasteiger partial charge >= 0.3 is 0 Å². The number of nitrogens with one attached hydrogen (secondary N) is 1. The van der Waals surface area contributed by atoms with Gasteiger partial charge in [-0.25, -0.2) is 0 Å². The number of methoxy groups -OCH3 is 1. The molecule has 176 valence electrons. The van der Waals surface area contributed by atoms with Crippen LogP contribution in [0.4, 0.5) is 6.01 Å². The lowest BCUT2D eigenvalue weighted by Gasteiger charge is -2.31. The van der Waals surface area contributed by atoms with E-state index < -0.39 is 0 Å². The number of hydrogen-bond donors (Lipinski definition) is 1. The molecule has 1 atom stereocenters. The van der Waals surface area contributed by atoms with Crippen molar-refractivity contribution < 1.29 is 18.7 Å². The smallest absolute Gasteiger partial charge is 0.296 e. The number of aromatic nitrogens is 1. The standard InChI is InChI=1S/C24H28ClN3O4S/c1-30-20-11-16(23(29)28(17-4-2-3-5-17)13-15-8-9-31-14-15)10-19-22(20)32-24(27-19)26-12-18-6-7-21(25)33-18/h6-7,10-11,15,17H,2-5,8-9,12-14H2,1H3,(H,26,27). The number of anilines is 1. The number of thiophene rings is 1. The maximum Gasteiger partial charge on any atom is 0.296 e. The summed E-state index contributed by atoms with van der Waals surface area (Å²) in [7, 11) is 1.58. The van der Waals surface area contributed by atoms with Gasteiger partial charge < -0.3 is 24.1 Å². The minimum absolute atomic E-state index is 0.0275. The molecular formula is C24H28ClN3O4S. The number of nitrogens with zero attached hydrogens (tertiary/aromatic N) is 2. The summed E-state index contributed by atoms with van der Waals surface area (Å²) in [6.07, 6.45) is 5.47. The molecule has 9 heteroatoms. The molecule has 1 aromatic carbocycles. The number of carbonyl (C=O) groups excluding carboxylic acids is 1. The number of amides is 1. The molecule has 5 rings (SSSR count). The van der Waals surface area contributed by atoms with Gasteiger partial charge in [0.25, 0.3) is 11.9 Å². The number of halogens is 1. The lowest BCUT2D eigenvalue weighted by molar-refractivity contribution is 0.0635. The molecule has 0 radical (unpaired) electrons. The van der Waals surface area contributed by atoms with Crippen molar-refractivity contribution in [1.29, 1.82) is 0 Å². The van der Waals surface area contributed by atoms with Gasteiger partial charge in [-0.2, -0.15) is 4.98 Å². The molecule has 7 nitrogen and oxygen atoms in total. The van der Waals surface area contributed by atoms with Crippen molar-refractivity contribution in [2.45, 2.75) is 44.7 Å². The predicted octanol–water partition coefficient (Wildman–Crippen LogP) is 5.58. The molecule has 1 aliphatic heterocycles. The Balaban J connectivity index is 1.40. The first kappa shape index (κ1) is 22.5. The van der Waals surface area contributed by atoms with Crippen molar-refractivity contribution in [3.05, 3.63) is 39.0 Å². The zero-order valence-corrected chi connectivity index (χ0v) is 20.2. The minimum atomic E-state index is 0.0275. The van der Waals surface area contributed by atoms with Gasteiger partial charge in [0.1, 0.15) is 5.52 Å². The van der Waals surface area contributed by atoms with Crippen molar-refractivity contribution >= 4 is 46.0 Å². The van der Waals surface area contributed by atoms with Crippen LogP contribution in [0.2, 0.25) is 4.34 Å². The fourth-order valence-electron chi connectivity index (χ4n) is 4.75. The minimum Gasteiger partial charge on any atom is -0.493 e. The molecule has 1 saturated heterocycles. The normalized spacial score (nSPS) is 18.8. The Morgan fingerprint density at radius 1 is 1.30 bits per heavy atom. The molecule has 0 bridgehead atoms. The molecule has 2 aliphatic rings. The van der Waals surface area contributed by atoms with Crippen LogP contribution in [-0.2, 0) is 11.3 Å². The van der Waals surface area contributed by atoms with Crippen molar-refractivity contribution in [3.8, 4) is 5.75 Å². The van der Waals surface area contributed by atoms with Crippen LogP contribution in [0.25, 0.3) is 11.1 Å². The molecule has 1 saturated carbocycles. The highest BCUT2D eigenvalue weighted by Gasteiger charge is 2.31. The number of benzene rings is 1. The molecular weight excluding hydrogens is 462 g/mol. The molecule has 0 spiro atoms. The van der Waals surface area contributed by atoms with E-state index in [4.69, 9.17) is 25.5 Å². The van der Waals surface area contributed by atoms with E-state index in [0.29, 0.717) is 40.9 Å². The van der Waals surface area contributed by atoms with Gasteiger partial charge in [-0.05, 0) is 43.5 Å². The Kier molecular flexibility index (Phi) is 6.76. The van der Waals surface area contributed by atoms with Gasteiger partial charge in [-0.15, -0.1) is 11.3 Å². The quantitative estimate of drug-likeness (QED) is 0.444. The maximum absolute atomic E-state index is 13.7. The van der Waals surface area contributed by atoms with Crippen molar-refractivity contribution in [3.63, 3.8) is 0 Å². The monoisotopic (exact) mass is 489 g/mol. The SMILES string of the molecule is COc1cc(C(=O)N(CC2CCOC2)C2CCCC2)cc2nc(NCc3ccc(Cl)s3)oc12. The lowest BCUT2D eigenvalue weighted by Crippen LogP contribution is -2.42. The second kappa shape index (κ2) is 9.91. The summed E-state index contributed by atoms with van der Waals surface area (Å²) >= 11 is 7.52. The second-order valence-electron chi connectivity index (χ2n) is 8.73. The molecule has 1 N–H and O–H groups in total. The van der Waals surface area contributed by atoms with Crippen LogP contribution >= 0.6 is 22.9 Å². The molecule has 1 unspecified atom stereocenters. The van der Waals surface area contributed by atoms with Gasteiger partial charge in [0.15, 0.2) is 11.3 Å². The van der Waals surface area contributed by atoms with Gasteiger partial charge in [0, 0.05) is 35.6 Å². The first-order valence-electron chi connectivity index (χ1n) is 11.5. The van der Waals surface area contributed by atoms with Crippen LogP contribution in [0.15, 0.2) is 28.7 Å². The summed E-state index contributed by atoms with van der Waals surface area (Å²) in [6, 6.07) is 8.08. The van der Waals surface area contributed by atoms with Crippen molar-refractivity contribution in [1.82, 2.24) is 9.88 Å². The lowest BCUT2D eigenvalue weighted by atomic mass is 10.0. The summed E-state index contributed by atoms with van der Waals surface area (Å²) in [5.74, 6) is 0.930. The van der Waals surface area contributed by atoms with Crippen LogP contribution in [0.5, 0.6) is 5.75 Å². The van der Waals surface area contributed by atoms with E-state index in [1.54, 1.807) is 13.2 Å². The molecule has 3 aromatic rings. The molecule has 2 fully saturated rings. The third-order valence-corrected chi connectivity index (χ3v) is 7.70. The van der Waals surface area contributed by atoms with Crippen molar-refractivity contribution in [2.75, 3.05) is 32.2 Å². The Labute approximate surface area is 202 Å². The Bertz CT molecular complexity index is 1120.